The minimum Gasteiger partial charge on any atom is -0.309 e. The summed E-state index contributed by atoms with van der Waals surface area (Å²) >= 11 is 1.75. The van der Waals surface area contributed by atoms with E-state index in [0.717, 1.165) is 77.3 Å². The van der Waals surface area contributed by atoms with E-state index in [4.69, 9.17) is 19.9 Å². The Bertz CT molecular complexity index is 3860. The highest BCUT2D eigenvalue weighted by Crippen LogP contribution is 2.43. The molecule has 9 aromatic carbocycles. The molecule has 6 nitrogen and oxygen atoms in total. The minimum atomic E-state index is 0.627. The molecular weight excluding hydrogens is 813 g/mol. The number of fused-ring (bicyclic) bond motifs is 7. The van der Waals surface area contributed by atoms with E-state index in [1.54, 1.807) is 11.3 Å². The van der Waals surface area contributed by atoms with Gasteiger partial charge >= 0.3 is 0 Å². The Kier molecular flexibility index (Phi) is 8.60. The van der Waals surface area contributed by atoms with Gasteiger partial charge in [0.05, 0.1) is 32.3 Å². The van der Waals surface area contributed by atoms with Crippen LogP contribution < -0.4 is 0 Å². The van der Waals surface area contributed by atoms with Crippen LogP contribution in [0.1, 0.15) is 0 Å². The van der Waals surface area contributed by atoms with Crippen LogP contribution in [0.15, 0.2) is 218 Å². The van der Waals surface area contributed by atoms with Crippen molar-refractivity contribution >= 4 is 65.2 Å². The van der Waals surface area contributed by atoms with Crippen LogP contribution in [0.3, 0.4) is 0 Å². The Morgan fingerprint density at radius 1 is 0.323 bits per heavy atom. The van der Waals surface area contributed by atoms with E-state index in [9.17, 15) is 0 Å². The number of rotatable bonds is 7. The van der Waals surface area contributed by atoms with E-state index in [2.05, 4.69) is 167 Å². The molecule has 0 N–H and O–H groups in total. The SMILES string of the molecule is c1ccc(-c2nc(-c3ccccc3)nc(-c3ccc(-n4c5ccccc5c5cccc(-c6ccc7c(c6)c6cc8sc(-c9ccccc9)nc8cc6n7-c6ccccc6)c54)cc3)n2)cc1. The molecule has 4 heterocycles. The van der Waals surface area contributed by atoms with Crippen molar-refractivity contribution in [1.82, 2.24) is 29.1 Å². The molecule has 0 fully saturated rings. The van der Waals surface area contributed by atoms with Crippen LogP contribution in [0.4, 0.5) is 0 Å². The molecule has 0 aliphatic heterocycles. The first-order valence-corrected chi connectivity index (χ1v) is 22.5. The van der Waals surface area contributed by atoms with Crippen LogP contribution in [0.25, 0.3) is 121 Å². The van der Waals surface area contributed by atoms with Gasteiger partial charge in [-0.25, -0.2) is 19.9 Å². The molecule has 0 radical (unpaired) electrons. The molecule has 0 aliphatic carbocycles. The summed E-state index contributed by atoms with van der Waals surface area (Å²) < 4.78 is 5.96. The number of aromatic nitrogens is 6. The monoisotopic (exact) mass is 848 g/mol. The smallest absolute Gasteiger partial charge is 0.164 e. The molecule has 7 heteroatoms. The number of benzene rings is 9. The topological polar surface area (TPSA) is 61.4 Å². The van der Waals surface area contributed by atoms with Crippen LogP contribution in [0.2, 0.25) is 0 Å². The van der Waals surface area contributed by atoms with Crippen LogP contribution in [0, 0.1) is 0 Å². The molecule has 0 saturated heterocycles. The lowest BCUT2D eigenvalue weighted by molar-refractivity contribution is 1.07. The van der Waals surface area contributed by atoms with Gasteiger partial charge in [0.15, 0.2) is 17.5 Å². The summed E-state index contributed by atoms with van der Waals surface area (Å²) in [6.45, 7) is 0. The van der Waals surface area contributed by atoms with Crippen molar-refractivity contribution in [2.24, 2.45) is 0 Å². The average Bonchev–Trinajstić information content (AvgIpc) is 4.06. The molecule has 0 amide bonds. The summed E-state index contributed by atoms with van der Waals surface area (Å²) in [6, 6.07) is 77.0. The van der Waals surface area contributed by atoms with Crippen molar-refractivity contribution in [2.75, 3.05) is 0 Å². The fourth-order valence-electron chi connectivity index (χ4n) is 9.38. The summed E-state index contributed by atoms with van der Waals surface area (Å²) in [4.78, 5) is 20.1. The fourth-order valence-corrected chi connectivity index (χ4v) is 10.4. The summed E-state index contributed by atoms with van der Waals surface area (Å²) in [7, 11) is 0. The summed E-state index contributed by atoms with van der Waals surface area (Å²) in [5, 5.41) is 5.83. The molecule has 0 spiro atoms. The first kappa shape index (κ1) is 37.1. The van der Waals surface area contributed by atoms with Crippen molar-refractivity contribution in [3.8, 4) is 67.2 Å². The summed E-state index contributed by atoms with van der Waals surface area (Å²) in [6.07, 6.45) is 0. The highest BCUT2D eigenvalue weighted by molar-refractivity contribution is 7.21. The van der Waals surface area contributed by atoms with E-state index in [1.165, 1.54) is 26.2 Å². The number of thiazole rings is 1. The van der Waals surface area contributed by atoms with E-state index >= 15 is 0 Å². The third kappa shape index (κ3) is 6.24. The lowest BCUT2D eigenvalue weighted by Crippen LogP contribution is -2.00. The zero-order valence-electron chi connectivity index (χ0n) is 34.9. The van der Waals surface area contributed by atoms with Gasteiger partial charge in [-0.05, 0) is 72.3 Å². The Morgan fingerprint density at radius 3 is 1.52 bits per heavy atom. The molecule has 13 aromatic rings. The van der Waals surface area contributed by atoms with Gasteiger partial charge in [-0.1, -0.05) is 152 Å². The normalized spacial score (nSPS) is 11.7. The third-order valence-electron chi connectivity index (χ3n) is 12.4. The van der Waals surface area contributed by atoms with Gasteiger partial charge in [-0.2, -0.15) is 0 Å². The van der Waals surface area contributed by atoms with Gasteiger partial charge in [0.2, 0.25) is 0 Å². The maximum atomic E-state index is 5.14. The fraction of sp³-hybridized carbons (Fsp3) is 0. The number of hydrogen-bond donors (Lipinski definition) is 0. The highest BCUT2D eigenvalue weighted by Gasteiger charge is 2.21. The second-order valence-corrected chi connectivity index (χ2v) is 17.3. The van der Waals surface area contributed by atoms with Gasteiger partial charge in [0, 0.05) is 60.7 Å². The van der Waals surface area contributed by atoms with Crippen molar-refractivity contribution in [3.63, 3.8) is 0 Å². The molecule has 0 aliphatic rings. The predicted molar refractivity (Wildman–Crippen MR) is 269 cm³/mol. The second kappa shape index (κ2) is 15.1. The quantitative estimate of drug-likeness (QED) is 0.160. The van der Waals surface area contributed by atoms with E-state index < -0.39 is 0 Å². The maximum Gasteiger partial charge on any atom is 0.164 e. The predicted octanol–water partition coefficient (Wildman–Crippen LogP) is 15.0. The lowest BCUT2D eigenvalue weighted by atomic mass is 9.99. The zero-order chi connectivity index (χ0) is 42.8. The Morgan fingerprint density at radius 2 is 0.846 bits per heavy atom. The number of hydrogen-bond acceptors (Lipinski definition) is 5. The van der Waals surface area contributed by atoms with Gasteiger partial charge < -0.3 is 9.13 Å². The van der Waals surface area contributed by atoms with E-state index in [0.29, 0.717) is 17.5 Å². The molecule has 0 atom stereocenters. The van der Waals surface area contributed by atoms with E-state index in [-0.39, 0.29) is 0 Å². The molecule has 13 rings (SSSR count). The number of para-hydroxylation sites is 3. The summed E-state index contributed by atoms with van der Waals surface area (Å²) in [5.74, 6) is 1.91. The van der Waals surface area contributed by atoms with Gasteiger partial charge in [0.25, 0.3) is 0 Å². The Balaban J connectivity index is 0.981. The van der Waals surface area contributed by atoms with Crippen LogP contribution >= 0.6 is 11.3 Å². The molecule has 4 aromatic heterocycles. The van der Waals surface area contributed by atoms with Gasteiger partial charge in [-0.3, -0.25) is 0 Å². The lowest BCUT2D eigenvalue weighted by Gasteiger charge is -2.13. The second-order valence-electron chi connectivity index (χ2n) is 16.3. The van der Waals surface area contributed by atoms with Gasteiger partial charge in [0.1, 0.15) is 5.01 Å². The van der Waals surface area contributed by atoms with E-state index in [1.807, 2.05) is 60.7 Å². The first-order valence-electron chi connectivity index (χ1n) is 21.7. The van der Waals surface area contributed by atoms with Crippen molar-refractivity contribution in [3.05, 3.63) is 218 Å². The van der Waals surface area contributed by atoms with Crippen molar-refractivity contribution < 1.29 is 0 Å². The minimum absolute atomic E-state index is 0.627. The van der Waals surface area contributed by atoms with Crippen LogP contribution in [-0.4, -0.2) is 29.1 Å². The number of nitrogens with zero attached hydrogens (tertiary/aromatic N) is 6. The molecular formula is C58H36N6S. The van der Waals surface area contributed by atoms with Crippen LogP contribution in [-0.2, 0) is 0 Å². The van der Waals surface area contributed by atoms with Gasteiger partial charge in [-0.15, -0.1) is 11.3 Å². The van der Waals surface area contributed by atoms with Crippen molar-refractivity contribution in [2.45, 2.75) is 0 Å². The third-order valence-corrected chi connectivity index (χ3v) is 13.5. The molecule has 304 valence electrons. The van der Waals surface area contributed by atoms with Crippen LogP contribution in [0.5, 0.6) is 0 Å². The zero-order valence-corrected chi connectivity index (χ0v) is 35.7. The summed E-state index contributed by atoms with van der Waals surface area (Å²) in [5.41, 5.74) is 14.0. The molecule has 65 heavy (non-hydrogen) atoms. The highest BCUT2D eigenvalue weighted by atomic mass is 32.1. The molecule has 0 bridgehead atoms. The first-order chi connectivity index (χ1) is 32.2. The maximum absolute atomic E-state index is 5.14. The Labute approximate surface area is 378 Å². The average molecular weight is 849 g/mol. The van der Waals surface area contributed by atoms with Crippen molar-refractivity contribution in [1.29, 1.82) is 0 Å². The largest absolute Gasteiger partial charge is 0.309 e. The Hall–Kier alpha value is -8.52. The standard InChI is InChI=1S/C58H36N6S/c1-5-16-37(17-6-1)55-60-56(38-18-7-2-8-19-38)62-57(61-55)39-28-31-43(32-29-39)64-50-27-14-13-24-45(50)46-26-15-25-44(54(46)64)41-30-33-51-47(34-41)48-35-53-49(59-58(65-53)40-20-9-3-10-21-40)36-52(48)63(51)42-22-11-4-12-23-42/h1-36H. The molecule has 0 saturated carbocycles. The molecule has 0 unspecified atom stereocenters.